The summed E-state index contributed by atoms with van der Waals surface area (Å²) in [7, 11) is 1.67. The molecule has 154 valence electrons. The Hall–Kier alpha value is -2.95. The van der Waals surface area contributed by atoms with Crippen molar-refractivity contribution in [2.45, 2.75) is 39.5 Å². The van der Waals surface area contributed by atoms with Gasteiger partial charge in [-0.3, -0.25) is 0 Å². The van der Waals surface area contributed by atoms with E-state index in [-0.39, 0.29) is 0 Å². The fourth-order valence-electron chi connectivity index (χ4n) is 3.33. The first kappa shape index (κ1) is 20.8. The Morgan fingerprint density at radius 3 is 2.31 bits per heavy atom. The standard InChI is InChI=1S/C24H31N3O2/c1-4-6-7-11-18-29-24-22(19-12-9-8-10-13-19)23(25-26-27(24)5-2)20-14-16-21(28-3)17-15-20/h8-10,12-17,26H,4-7,11,18H2,1-3H3. The molecule has 0 atom stereocenters. The molecule has 0 unspecified atom stereocenters. The third-order valence-corrected chi connectivity index (χ3v) is 4.96. The average molecular weight is 394 g/mol. The van der Waals surface area contributed by atoms with Gasteiger partial charge in [-0.2, -0.15) is 5.10 Å². The number of hydrazine groups is 1. The predicted molar refractivity (Wildman–Crippen MR) is 119 cm³/mol. The smallest absolute Gasteiger partial charge is 0.219 e. The minimum atomic E-state index is 0.694. The molecule has 5 heteroatoms. The Bertz CT molecular complexity index is 829. The van der Waals surface area contributed by atoms with Crippen LogP contribution >= 0.6 is 0 Å². The minimum absolute atomic E-state index is 0.694. The van der Waals surface area contributed by atoms with Crippen molar-refractivity contribution in [3.63, 3.8) is 0 Å². The van der Waals surface area contributed by atoms with Crippen LogP contribution in [-0.4, -0.2) is 31.0 Å². The summed E-state index contributed by atoms with van der Waals surface area (Å²) in [6.07, 6.45) is 4.69. The summed E-state index contributed by atoms with van der Waals surface area (Å²) >= 11 is 0. The van der Waals surface area contributed by atoms with Crippen molar-refractivity contribution in [2.75, 3.05) is 20.3 Å². The molecular weight excluding hydrogens is 362 g/mol. The van der Waals surface area contributed by atoms with Gasteiger partial charge in [0.2, 0.25) is 5.88 Å². The number of unbranched alkanes of at least 4 members (excludes halogenated alkanes) is 3. The quantitative estimate of drug-likeness (QED) is 0.563. The molecule has 0 saturated heterocycles. The van der Waals surface area contributed by atoms with E-state index in [1.165, 1.54) is 19.3 Å². The number of nitrogens with zero attached hydrogens (tertiary/aromatic N) is 2. The topological polar surface area (TPSA) is 46.1 Å². The van der Waals surface area contributed by atoms with E-state index in [0.717, 1.165) is 47.0 Å². The van der Waals surface area contributed by atoms with Crippen LogP contribution < -0.4 is 10.3 Å². The van der Waals surface area contributed by atoms with Crippen molar-refractivity contribution in [1.29, 1.82) is 0 Å². The fraction of sp³-hybridized carbons (Fsp3) is 0.375. The van der Waals surface area contributed by atoms with E-state index in [0.29, 0.717) is 6.61 Å². The van der Waals surface area contributed by atoms with Gasteiger partial charge in [0.1, 0.15) is 11.5 Å². The highest BCUT2D eigenvalue weighted by atomic mass is 16.5. The van der Waals surface area contributed by atoms with Gasteiger partial charge in [0, 0.05) is 12.1 Å². The molecule has 3 rings (SSSR count). The third kappa shape index (κ3) is 5.11. The van der Waals surface area contributed by atoms with E-state index >= 15 is 0 Å². The van der Waals surface area contributed by atoms with Crippen molar-refractivity contribution in [1.82, 2.24) is 10.5 Å². The van der Waals surface area contributed by atoms with Crippen molar-refractivity contribution in [3.05, 3.63) is 71.6 Å². The van der Waals surface area contributed by atoms with E-state index in [4.69, 9.17) is 9.47 Å². The van der Waals surface area contributed by atoms with Crippen molar-refractivity contribution in [3.8, 4) is 5.75 Å². The monoisotopic (exact) mass is 393 g/mol. The van der Waals surface area contributed by atoms with Crippen LogP contribution in [0.25, 0.3) is 5.57 Å². The highest BCUT2D eigenvalue weighted by Gasteiger charge is 2.26. The Morgan fingerprint density at radius 1 is 0.897 bits per heavy atom. The normalized spacial score (nSPS) is 13.8. The lowest BCUT2D eigenvalue weighted by molar-refractivity contribution is 0.0818. The van der Waals surface area contributed by atoms with Crippen LogP contribution in [0.3, 0.4) is 0 Å². The summed E-state index contributed by atoms with van der Waals surface area (Å²) in [5.41, 5.74) is 7.13. The lowest BCUT2D eigenvalue weighted by atomic mass is 9.95. The number of nitrogens with one attached hydrogen (secondary N) is 1. The largest absolute Gasteiger partial charge is 0.497 e. The maximum atomic E-state index is 6.33. The zero-order valence-corrected chi connectivity index (χ0v) is 17.6. The first-order chi connectivity index (χ1) is 14.3. The minimum Gasteiger partial charge on any atom is -0.497 e. The molecule has 1 aliphatic rings. The number of hydrazone groups is 1. The van der Waals surface area contributed by atoms with E-state index in [2.05, 4.69) is 36.6 Å². The predicted octanol–water partition coefficient (Wildman–Crippen LogP) is 5.21. The van der Waals surface area contributed by atoms with Gasteiger partial charge >= 0.3 is 0 Å². The zero-order valence-electron chi connectivity index (χ0n) is 17.6. The molecule has 1 aliphatic heterocycles. The summed E-state index contributed by atoms with van der Waals surface area (Å²) < 4.78 is 11.6. The number of allylic oxidation sites excluding steroid dienone is 1. The number of rotatable bonds is 10. The van der Waals surface area contributed by atoms with Gasteiger partial charge < -0.3 is 9.47 Å². The highest BCUT2D eigenvalue weighted by molar-refractivity contribution is 6.32. The molecule has 0 fully saturated rings. The zero-order chi connectivity index (χ0) is 20.5. The molecule has 0 saturated carbocycles. The molecule has 0 spiro atoms. The molecule has 2 aromatic rings. The number of ether oxygens (including phenoxy) is 2. The van der Waals surface area contributed by atoms with Crippen LogP contribution in [0.15, 0.2) is 65.6 Å². The molecular formula is C24H31N3O2. The Balaban J connectivity index is 1.98. The molecule has 2 aromatic carbocycles. The molecule has 0 bridgehead atoms. The van der Waals surface area contributed by atoms with Crippen molar-refractivity contribution < 1.29 is 9.47 Å². The molecule has 0 aliphatic carbocycles. The first-order valence-electron chi connectivity index (χ1n) is 10.5. The van der Waals surface area contributed by atoms with Crippen LogP contribution in [0.2, 0.25) is 0 Å². The Kier molecular flexibility index (Phi) is 7.56. The van der Waals surface area contributed by atoms with Gasteiger partial charge in [-0.1, -0.05) is 56.5 Å². The SMILES string of the molecule is CCCCCCOC1=C(c2ccccc2)C(c2ccc(OC)cc2)=NNN1CC. The maximum Gasteiger partial charge on any atom is 0.219 e. The van der Waals surface area contributed by atoms with Crippen LogP contribution in [-0.2, 0) is 4.74 Å². The third-order valence-electron chi connectivity index (χ3n) is 4.96. The molecule has 5 nitrogen and oxygen atoms in total. The summed E-state index contributed by atoms with van der Waals surface area (Å²) in [6.45, 7) is 5.75. The summed E-state index contributed by atoms with van der Waals surface area (Å²) in [5, 5.41) is 6.65. The molecule has 1 heterocycles. The van der Waals surface area contributed by atoms with E-state index in [1.807, 2.05) is 47.5 Å². The second kappa shape index (κ2) is 10.6. The van der Waals surface area contributed by atoms with Gasteiger partial charge in [0.05, 0.1) is 19.3 Å². The molecule has 0 radical (unpaired) electrons. The van der Waals surface area contributed by atoms with Crippen LogP contribution in [0.4, 0.5) is 0 Å². The lowest BCUT2D eigenvalue weighted by Gasteiger charge is -2.32. The Morgan fingerprint density at radius 2 is 1.66 bits per heavy atom. The number of methoxy groups -OCH3 is 1. The second-order valence-electron chi connectivity index (χ2n) is 6.99. The number of benzene rings is 2. The molecule has 1 N–H and O–H groups in total. The van der Waals surface area contributed by atoms with Crippen molar-refractivity contribution >= 4 is 11.3 Å². The first-order valence-corrected chi connectivity index (χ1v) is 10.5. The number of hydrogen-bond acceptors (Lipinski definition) is 5. The maximum absolute atomic E-state index is 6.33. The highest BCUT2D eigenvalue weighted by Crippen LogP contribution is 2.29. The summed E-state index contributed by atoms with van der Waals surface area (Å²) in [4.78, 5) is 0. The summed E-state index contributed by atoms with van der Waals surface area (Å²) in [5.74, 6) is 1.65. The molecule has 29 heavy (non-hydrogen) atoms. The average Bonchev–Trinajstić information content (AvgIpc) is 2.79. The van der Waals surface area contributed by atoms with Gasteiger partial charge in [-0.15, -0.1) is 0 Å². The lowest BCUT2D eigenvalue weighted by Crippen LogP contribution is -2.40. The van der Waals surface area contributed by atoms with Gasteiger partial charge in [0.25, 0.3) is 0 Å². The number of hydrogen-bond donors (Lipinski definition) is 1. The van der Waals surface area contributed by atoms with Crippen LogP contribution in [0.5, 0.6) is 5.75 Å². The fourth-order valence-corrected chi connectivity index (χ4v) is 3.33. The summed E-state index contributed by atoms with van der Waals surface area (Å²) in [6, 6.07) is 18.3. The van der Waals surface area contributed by atoms with Gasteiger partial charge in [-0.25, -0.2) is 10.5 Å². The van der Waals surface area contributed by atoms with E-state index < -0.39 is 0 Å². The second-order valence-corrected chi connectivity index (χ2v) is 6.99. The molecule has 0 aromatic heterocycles. The van der Waals surface area contributed by atoms with Gasteiger partial charge in [-0.05, 0) is 43.2 Å². The van der Waals surface area contributed by atoms with Crippen molar-refractivity contribution in [2.24, 2.45) is 5.10 Å². The van der Waals surface area contributed by atoms with Gasteiger partial charge in [0.15, 0.2) is 0 Å². The Labute approximate surface area is 174 Å². The van der Waals surface area contributed by atoms with Crippen LogP contribution in [0.1, 0.15) is 50.7 Å². The van der Waals surface area contributed by atoms with E-state index in [9.17, 15) is 0 Å². The van der Waals surface area contributed by atoms with E-state index in [1.54, 1.807) is 7.11 Å². The molecule has 0 amide bonds. The van der Waals surface area contributed by atoms with Crippen LogP contribution in [0, 0.1) is 0 Å².